The fourth-order valence-corrected chi connectivity index (χ4v) is 7.55. The molecule has 3 heterocycles. The predicted octanol–water partition coefficient (Wildman–Crippen LogP) is 5.83. The van der Waals surface area contributed by atoms with Crippen LogP contribution in [0.25, 0.3) is 0 Å². The van der Waals surface area contributed by atoms with E-state index in [1.807, 2.05) is 30.3 Å². The number of anilines is 1. The second kappa shape index (κ2) is 9.73. The molecule has 3 atom stereocenters. The molecule has 198 valence electrons. The zero-order valence-electron chi connectivity index (χ0n) is 20.0. The zero-order chi connectivity index (χ0) is 27.3. The van der Waals surface area contributed by atoms with Crippen molar-refractivity contribution in [3.63, 3.8) is 0 Å². The van der Waals surface area contributed by atoms with Crippen LogP contribution in [0.2, 0.25) is 0 Å². The molecule has 2 aliphatic heterocycles. The number of nitrogens with one attached hydrogen (secondary N) is 1. The number of aromatic amines is 1. The lowest BCUT2D eigenvalue weighted by molar-refractivity contribution is -0.137. The van der Waals surface area contributed by atoms with Crippen molar-refractivity contribution >= 4 is 40.6 Å². The fraction of sp³-hybridized carbons (Fsp3) is 0.179. The second-order valence-electron chi connectivity index (χ2n) is 9.12. The van der Waals surface area contributed by atoms with Gasteiger partial charge in [0.15, 0.2) is 0 Å². The molecule has 6 rings (SSSR count). The minimum absolute atomic E-state index is 0.334. The van der Waals surface area contributed by atoms with E-state index in [2.05, 4.69) is 4.98 Å². The summed E-state index contributed by atoms with van der Waals surface area (Å²) in [4.78, 5) is 43.2. The summed E-state index contributed by atoms with van der Waals surface area (Å²) < 4.78 is 47.2. The molecule has 1 aromatic heterocycles. The van der Waals surface area contributed by atoms with Gasteiger partial charge in [0.05, 0.1) is 22.2 Å². The standard InChI is InChI=1S/C28H19F3N2O4S2/c29-28(30,31)18-8-4-5-9-19(18)33-25(34)21-20(22-24(32-27(36)39-22)38-23(21)26(33)35)16-10-12-17(13-11-16)37-14-15-6-2-1-3-7-15/h1-13,20-21,23H,14H2,(H,32,36)/t20-,21?,23?/m1/s1. The van der Waals surface area contributed by atoms with Crippen molar-refractivity contribution < 1.29 is 27.5 Å². The molecule has 0 saturated carbocycles. The van der Waals surface area contributed by atoms with Gasteiger partial charge >= 0.3 is 11.0 Å². The average Bonchev–Trinajstić information content (AvgIpc) is 3.42. The number of carbonyl (C=O) groups is 2. The predicted molar refractivity (Wildman–Crippen MR) is 141 cm³/mol. The molecular weight excluding hydrogens is 549 g/mol. The summed E-state index contributed by atoms with van der Waals surface area (Å²) >= 11 is 1.95. The highest BCUT2D eigenvalue weighted by Crippen LogP contribution is 2.54. The van der Waals surface area contributed by atoms with Crippen molar-refractivity contribution in [2.24, 2.45) is 5.92 Å². The number of ether oxygens (including phenoxy) is 1. The highest BCUT2D eigenvalue weighted by atomic mass is 32.2. The lowest BCUT2D eigenvalue weighted by Gasteiger charge is -2.29. The Balaban J connectivity index is 1.36. The van der Waals surface area contributed by atoms with Crippen LogP contribution < -0.4 is 14.5 Å². The Bertz CT molecular complexity index is 1620. The highest BCUT2D eigenvalue weighted by molar-refractivity contribution is 8.00. The molecular formula is C28H19F3N2O4S2. The first-order valence-corrected chi connectivity index (χ1v) is 13.6. The van der Waals surface area contributed by atoms with Crippen LogP contribution in [0.1, 0.15) is 27.5 Å². The van der Waals surface area contributed by atoms with Gasteiger partial charge < -0.3 is 9.72 Å². The van der Waals surface area contributed by atoms with Crippen molar-refractivity contribution in [2.45, 2.75) is 29.0 Å². The lowest BCUT2D eigenvalue weighted by atomic mass is 9.83. The molecule has 39 heavy (non-hydrogen) atoms. The van der Waals surface area contributed by atoms with E-state index in [9.17, 15) is 27.6 Å². The zero-order valence-corrected chi connectivity index (χ0v) is 21.6. The maximum absolute atomic E-state index is 13.8. The van der Waals surface area contributed by atoms with Gasteiger partial charge in [-0.3, -0.25) is 14.4 Å². The normalized spacial score (nSPS) is 20.6. The number of H-pyrrole nitrogens is 1. The van der Waals surface area contributed by atoms with Gasteiger partial charge in [0, 0.05) is 10.8 Å². The van der Waals surface area contributed by atoms with Gasteiger partial charge in [0.2, 0.25) is 11.8 Å². The Hall–Kier alpha value is -3.83. The Kier molecular flexibility index (Phi) is 6.35. The van der Waals surface area contributed by atoms with Crippen LogP contribution in [0.15, 0.2) is 88.7 Å². The number of benzene rings is 3. The van der Waals surface area contributed by atoms with Crippen molar-refractivity contribution in [1.82, 2.24) is 4.98 Å². The Morgan fingerprint density at radius 3 is 2.28 bits per heavy atom. The highest BCUT2D eigenvalue weighted by Gasteiger charge is 2.57. The number of fused-ring (bicyclic) bond motifs is 2. The summed E-state index contributed by atoms with van der Waals surface area (Å²) in [5.74, 6) is -2.56. The molecule has 0 aliphatic carbocycles. The van der Waals surface area contributed by atoms with Gasteiger partial charge in [-0.1, -0.05) is 77.7 Å². The molecule has 11 heteroatoms. The lowest BCUT2D eigenvalue weighted by Crippen LogP contribution is -2.33. The molecule has 1 saturated heterocycles. The molecule has 4 aromatic rings. The molecule has 2 aliphatic rings. The molecule has 2 unspecified atom stereocenters. The number of nitrogens with zero attached hydrogens (tertiary/aromatic N) is 1. The Morgan fingerprint density at radius 2 is 1.56 bits per heavy atom. The quantitative estimate of drug-likeness (QED) is 0.307. The molecule has 3 aromatic carbocycles. The Morgan fingerprint density at radius 1 is 0.872 bits per heavy atom. The van der Waals surface area contributed by atoms with Gasteiger partial charge in [-0.25, -0.2) is 4.90 Å². The molecule has 2 amide bonds. The van der Waals surface area contributed by atoms with Crippen LogP contribution in [-0.2, 0) is 22.4 Å². The molecule has 1 N–H and O–H groups in total. The molecule has 0 radical (unpaired) electrons. The molecule has 6 nitrogen and oxygen atoms in total. The first kappa shape index (κ1) is 25.4. The number of carbonyl (C=O) groups excluding carboxylic acids is 2. The Labute approximate surface area is 228 Å². The van der Waals surface area contributed by atoms with Crippen molar-refractivity contribution in [3.8, 4) is 5.75 Å². The minimum atomic E-state index is -4.75. The van der Waals surface area contributed by atoms with E-state index in [1.54, 1.807) is 24.3 Å². The van der Waals surface area contributed by atoms with Gasteiger partial charge in [0.1, 0.15) is 17.6 Å². The van der Waals surface area contributed by atoms with E-state index < -0.39 is 46.3 Å². The van der Waals surface area contributed by atoms with E-state index in [-0.39, 0.29) is 4.87 Å². The number of aromatic nitrogens is 1. The maximum Gasteiger partial charge on any atom is 0.418 e. The molecule has 0 spiro atoms. The number of para-hydroxylation sites is 1. The van der Waals surface area contributed by atoms with Crippen molar-refractivity contribution in [2.75, 3.05) is 4.90 Å². The summed E-state index contributed by atoms with van der Waals surface area (Å²) in [5.41, 5.74) is 0.0935. The van der Waals surface area contributed by atoms with E-state index in [1.165, 1.54) is 12.1 Å². The summed E-state index contributed by atoms with van der Waals surface area (Å²) in [6.07, 6.45) is -4.75. The average molecular weight is 569 g/mol. The molecule has 0 bridgehead atoms. The SMILES string of the molecule is O=C1C2Sc3[nH]c(=O)sc3[C@H](c3ccc(OCc4ccccc4)cc3)C2C(=O)N1c1ccccc1C(F)(F)F. The van der Waals surface area contributed by atoms with Gasteiger partial charge in [-0.15, -0.1) is 0 Å². The largest absolute Gasteiger partial charge is 0.489 e. The van der Waals surface area contributed by atoms with E-state index in [4.69, 9.17) is 4.74 Å². The number of hydrogen-bond acceptors (Lipinski definition) is 6. The second-order valence-corrected chi connectivity index (χ2v) is 11.3. The fourth-order valence-electron chi connectivity index (χ4n) is 5.03. The number of hydrogen-bond donors (Lipinski definition) is 1. The third-order valence-corrected chi connectivity index (χ3v) is 9.16. The third kappa shape index (κ3) is 4.55. The van der Waals surface area contributed by atoms with Crippen molar-refractivity contribution in [3.05, 3.63) is 110 Å². The van der Waals surface area contributed by atoms with E-state index >= 15 is 0 Å². The van der Waals surface area contributed by atoms with Gasteiger partial charge in [-0.2, -0.15) is 13.2 Å². The van der Waals surface area contributed by atoms with Crippen LogP contribution in [0.5, 0.6) is 5.75 Å². The summed E-state index contributed by atoms with van der Waals surface area (Å²) in [6, 6.07) is 21.2. The van der Waals surface area contributed by atoms with Crippen LogP contribution in [0, 0.1) is 5.92 Å². The topological polar surface area (TPSA) is 79.5 Å². The smallest absolute Gasteiger partial charge is 0.418 e. The number of amides is 2. The summed E-state index contributed by atoms with van der Waals surface area (Å²) in [5, 5.41) is -0.539. The number of thioether (sulfide) groups is 1. The van der Waals surface area contributed by atoms with Crippen LogP contribution in [0.3, 0.4) is 0 Å². The molecule has 1 fully saturated rings. The third-order valence-electron chi connectivity index (χ3n) is 6.76. The van der Waals surface area contributed by atoms with E-state index in [0.717, 1.165) is 40.8 Å². The number of imide groups is 1. The minimum Gasteiger partial charge on any atom is -0.489 e. The van der Waals surface area contributed by atoms with Crippen LogP contribution in [-0.4, -0.2) is 22.0 Å². The first-order chi connectivity index (χ1) is 18.7. The van der Waals surface area contributed by atoms with Crippen molar-refractivity contribution in [1.29, 1.82) is 0 Å². The van der Waals surface area contributed by atoms with Gasteiger partial charge in [0.25, 0.3) is 0 Å². The number of halogens is 3. The summed E-state index contributed by atoms with van der Waals surface area (Å²) in [6.45, 7) is 0.356. The number of rotatable bonds is 5. The van der Waals surface area contributed by atoms with Crippen LogP contribution >= 0.6 is 23.1 Å². The maximum atomic E-state index is 13.8. The van der Waals surface area contributed by atoms with Gasteiger partial charge in [-0.05, 0) is 35.4 Å². The number of thiazole rings is 1. The number of alkyl halides is 3. The monoisotopic (exact) mass is 568 g/mol. The summed E-state index contributed by atoms with van der Waals surface area (Å²) in [7, 11) is 0. The van der Waals surface area contributed by atoms with Crippen LogP contribution in [0.4, 0.5) is 18.9 Å². The first-order valence-electron chi connectivity index (χ1n) is 11.9. The van der Waals surface area contributed by atoms with E-state index in [0.29, 0.717) is 32.7 Å².